The molecule has 0 radical (unpaired) electrons. The minimum Gasteiger partial charge on any atom is -0.465 e. The highest BCUT2D eigenvalue weighted by Gasteiger charge is 2.23. The maximum atomic E-state index is 11.1. The molecule has 3 aromatic rings. The van der Waals surface area contributed by atoms with Crippen molar-refractivity contribution < 1.29 is 9.90 Å². The Morgan fingerprint density at radius 2 is 2.24 bits per heavy atom. The van der Waals surface area contributed by atoms with Crippen molar-refractivity contribution in [3.63, 3.8) is 0 Å². The van der Waals surface area contributed by atoms with Gasteiger partial charge in [0.1, 0.15) is 5.82 Å². The number of hydrogen-bond acceptors (Lipinski definition) is 5. The van der Waals surface area contributed by atoms with E-state index in [0.29, 0.717) is 24.7 Å². The second-order valence-corrected chi connectivity index (χ2v) is 6.07. The van der Waals surface area contributed by atoms with Gasteiger partial charge in [-0.2, -0.15) is 5.10 Å². The molecular formula is C17H18N6O2. The van der Waals surface area contributed by atoms with Gasteiger partial charge in [-0.15, -0.1) is 0 Å². The Morgan fingerprint density at radius 1 is 1.32 bits per heavy atom. The van der Waals surface area contributed by atoms with Crippen LogP contribution in [0.5, 0.6) is 0 Å². The largest absolute Gasteiger partial charge is 0.465 e. The first-order valence-electron chi connectivity index (χ1n) is 8.21. The maximum Gasteiger partial charge on any atom is 0.407 e. The van der Waals surface area contributed by atoms with Crippen molar-refractivity contribution in [2.75, 3.05) is 18.4 Å². The van der Waals surface area contributed by atoms with Crippen molar-refractivity contribution in [2.24, 2.45) is 0 Å². The van der Waals surface area contributed by atoms with Crippen molar-refractivity contribution in [1.29, 1.82) is 0 Å². The summed E-state index contributed by atoms with van der Waals surface area (Å²) in [5.74, 6) is 1.29. The summed E-state index contributed by atoms with van der Waals surface area (Å²) in [6.45, 7) is 1.05. The van der Waals surface area contributed by atoms with Gasteiger partial charge in [0.05, 0.1) is 17.3 Å². The predicted octanol–water partition coefficient (Wildman–Crippen LogP) is 2.35. The minimum atomic E-state index is -0.874. The van der Waals surface area contributed by atoms with Gasteiger partial charge >= 0.3 is 6.09 Å². The highest BCUT2D eigenvalue weighted by atomic mass is 16.4. The van der Waals surface area contributed by atoms with Crippen LogP contribution in [0.15, 0.2) is 42.9 Å². The molecule has 3 aromatic heterocycles. The van der Waals surface area contributed by atoms with Gasteiger partial charge < -0.3 is 15.3 Å². The van der Waals surface area contributed by atoms with E-state index < -0.39 is 6.09 Å². The fourth-order valence-electron chi connectivity index (χ4n) is 3.15. The number of fused-ring (bicyclic) bond motifs is 1. The fraction of sp³-hybridized carbons (Fsp3) is 0.294. The van der Waals surface area contributed by atoms with E-state index in [4.69, 9.17) is 5.11 Å². The van der Waals surface area contributed by atoms with Crippen LogP contribution >= 0.6 is 0 Å². The number of amides is 1. The van der Waals surface area contributed by atoms with Crippen molar-refractivity contribution in [3.8, 4) is 11.4 Å². The summed E-state index contributed by atoms with van der Waals surface area (Å²) >= 11 is 0. The summed E-state index contributed by atoms with van der Waals surface area (Å²) < 4.78 is 1.78. The number of carbonyl (C=O) groups is 1. The Bertz CT molecular complexity index is 909. The van der Waals surface area contributed by atoms with Crippen LogP contribution in [0.4, 0.5) is 10.6 Å². The highest BCUT2D eigenvalue weighted by Crippen LogP contribution is 2.22. The van der Waals surface area contributed by atoms with E-state index in [1.807, 2.05) is 24.4 Å². The summed E-state index contributed by atoms with van der Waals surface area (Å²) in [4.78, 5) is 21.5. The lowest BCUT2D eigenvalue weighted by molar-refractivity contribution is 0.133. The molecule has 0 aromatic carbocycles. The highest BCUT2D eigenvalue weighted by molar-refractivity contribution is 5.75. The Morgan fingerprint density at radius 3 is 3.12 bits per heavy atom. The van der Waals surface area contributed by atoms with Crippen molar-refractivity contribution in [3.05, 3.63) is 42.9 Å². The van der Waals surface area contributed by atoms with E-state index in [2.05, 4.69) is 20.4 Å². The van der Waals surface area contributed by atoms with Gasteiger partial charge in [-0.1, -0.05) is 6.07 Å². The molecule has 1 unspecified atom stereocenters. The van der Waals surface area contributed by atoms with Crippen LogP contribution < -0.4 is 5.32 Å². The molecule has 1 aliphatic heterocycles. The molecule has 1 amide bonds. The molecule has 1 fully saturated rings. The first kappa shape index (κ1) is 15.4. The third-order valence-electron chi connectivity index (χ3n) is 4.37. The monoisotopic (exact) mass is 338 g/mol. The Labute approximate surface area is 144 Å². The normalized spacial score (nSPS) is 17.6. The van der Waals surface area contributed by atoms with Gasteiger partial charge in [0, 0.05) is 31.5 Å². The maximum absolute atomic E-state index is 11.1. The number of piperidine rings is 1. The zero-order chi connectivity index (χ0) is 17.2. The first-order valence-corrected chi connectivity index (χ1v) is 8.21. The summed E-state index contributed by atoms with van der Waals surface area (Å²) in [6, 6.07) is 7.69. The molecule has 2 N–H and O–H groups in total. The average Bonchev–Trinajstić information content (AvgIpc) is 3.06. The van der Waals surface area contributed by atoms with E-state index >= 15 is 0 Å². The van der Waals surface area contributed by atoms with Crippen LogP contribution in [0.3, 0.4) is 0 Å². The Balaban J connectivity index is 1.56. The predicted molar refractivity (Wildman–Crippen MR) is 92.5 cm³/mol. The van der Waals surface area contributed by atoms with E-state index in [1.165, 1.54) is 4.90 Å². The van der Waals surface area contributed by atoms with Gasteiger partial charge in [0.2, 0.25) is 0 Å². The quantitative estimate of drug-likeness (QED) is 0.761. The number of rotatable bonds is 3. The summed E-state index contributed by atoms with van der Waals surface area (Å²) in [5, 5.41) is 16.8. The van der Waals surface area contributed by atoms with Gasteiger partial charge in [-0.25, -0.2) is 19.3 Å². The smallest absolute Gasteiger partial charge is 0.407 e. The molecular weight excluding hydrogens is 320 g/mol. The van der Waals surface area contributed by atoms with Crippen LogP contribution in [0, 0.1) is 0 Å². The lowest BCUT2D eigenvalue weighted by Crippen LogP contribution is -2.44. The lowest BCUT2D eigenvalue weighted by atomic mass is 10.1. The molecule has 1 saturated heterocycles. The molecule has 8 heteroatoms. The molecule has 4 rings (SSSR count). The molecule has 1 atom stereocenters. The standard InChI is InChI=1S/C17H18N6O2/c24-17(25)22-8-3-4-12(11-22)20-15-6-7-18-16(21-15)13-10-19-23-9-2-1-5-14(13)23/h1-2,5-7,9-10,12H,3-4,8,11H2,(H,24,25)(H,18,20,21). The Kier molecular flexibility index (Phi) is 3.93. The molecule has 128 valence electrons. The number of likely N-dealkylation sites (tertiary alicyclic amines) is 1. The number of nitrogens with zero attached hydrogens (tertiary/aromatic N) is 5. The molecule has 25 heavy (non-hydrogen) atoms. The second-order valence-electron chi connectivity index (χ2n) is 6.07. The fourth-order valence-corrected chi connectivity index (χ4v) is 3.15. The number of aromatic nitrogens is 4. The zero-order valence-corrected chi connectivity index (χ0v) is 13.5. The number of pyridine rings is 1. The van der Waals surface area contributed by atoms with E-state index in [1.54, 1.807) is 23.0 Å². The van der Waals surface area contributed by atoms with E-state index in [0.717, 1.165) is 23.9 Å². The van der Waals surface area contributed by atoms with Crippen LogP contribution in [0.25, 0.3) is 16.9 Å². The summed E-state index contributed by atoms with van der Waals surface area (Å²) in [5.41, 5.74) is 1.80. The van der Waals surface area contributed by atoms with E-state index in [-0.39, 0.29) is 6.04 Å². The van der Waals surface area contributed by atoms with Gasteiger partial charge in [0.25, 0.3) is 0 Å². The molecule has 1 aliphatic rings. The van der Waals surface area contributed by atoms with Crippen LogP contribution in [-0.2, 0) is 0 Å². The molecule has 8 nitrogen and oxygen atoms in total. The van der Waals surface area contributed by atoms with Crippen LogP contribution in [0.2, 0.25) is 0 Å². The van der Waals surface area contributed by atoms with E-state index in [9.17, 15) is 4.79 Å². The number of carboxylic acid groups (broad SMARTS) is 1. The first-order chi connectivity index (χ1) is 12.2. The SMILES string of the molecule is O=C(O)N1CCCC(Nc2ccnc(-c3cnn4ccccc34)n2)C1. The van der Waals surface area contributed by atoms with Crippen LogP contribution in [-0.4, -0.2) is 54.8 Å². The minimum absolute atomic E-state index is 0.0523. The van der Waals surface area contributed by atoms with Gasteiger partial charge in [0.15, 0.2) is 5.82 Å². The second kappa shape index (κ2) is 6.39. The Hall–Kier alpha value is -3.16. The zero-order valence-electron chi connectivity index (χ0n) is 13.5. The van der Waals surface area contributed by atoms with Gasteiger partial charge in [-0.05, 0) is 31.0 Å². The molecule has 0 spiro atoms. The topological polar surface area (TPSA) is 95.7 Å². The molecule has 0 bridgehead atoms. The lowest BCUT2D eigenvalue weighted by Gasteiger charge is -2.31. The molecule has 0 aliphatic carbocycles. The molecule has 0 saturated carbocycles. The third kappa shape index (κ3) is 3.10. The molecule has 4 heterocycles. The van der Waals surface area contributed by atoms with Gasteiger partial charge in [-0.3, -0.25) is 0 Å². The van der Waals surface area contributed by atoms with Crippen molar-refractivity contribution >= 4 is 17.4 Å². The number of hydrogen-bond donors (Lipinski definition) is 2. The van der Waals surface area contributed by atoms with Crippen LogP contribution in [0.1, 0.15) is 12.8 Å². The average molecular weight is 338 g/mol. The van der Waals surface area contributed by atoms with Crippen molar-refractivity contribution in [2.45, 2.75) is 18.9 Å². The number of anilines is 1. The number of nitrogens with one attached hydrogen (secondary N) is 1. The summed E-state index contributed by atoms with van der Waals surface area (Å²) in [6.07, 6.45) is 6.22. The van der Waals surface area contributed by atoms with Crippen molar-refractivity contribution in [1.82, 2.24) is 24.5 Å². The summed E-state index contributed by atoms with van der Waals surface area (Å²) in [7, 11) is 0. The third-order valence-corrected chi connectivity index (χ3v) is 4.37.